The lowest BCUT2D eigenvalue weighted by Gasteiger charge is -2.09. The Morgan fingerprint density at radius 2 is 2.00 bits per heavy atom. The van der Waals surface area contributed by atoms with E-state index >= 15 is 0 Å². The summed E-state index contributed by atoms with van der Waals surface area (Å²) in [5.74, 6) is -1.60. The van der Waals surface area contributed by atoms with Crippen molar-refractivity contribution in [3.63, 3.8) is 0 Å². The number of hydrogen-bond acceptors (Lipinski definition) is 5. The SMILES string of the molecule is Cc1c(Cl)c([N+](=O)[O-])nn1CC(=O)Nc1ccc(OC(F)(F)F)cc1. The monoisotopic (exact) mass is 378 g/mol. The number of halogens is 4. The molecule has 134 valence electrons. The molecular weight excluding hydrogens is 369 g/mol. The van der Waals surface area contributed by atoms with Crippen molar-refractivity contribution in [2.45, 2.75) is 19.8 Å². The fourth-order valence-corrected chi connectivity index (χ4v) is 2.06. The summed E-state index contributed by atoms with van der Waals surface area (Å²) in [7, 11) is 0. The molecule has 0 unspecified atom stereocenters. The van der Waals surface area contributed by atoms with Gasteiger partial charge in [0.15, 0.2) is 5.02 Å². The summed E-state index contributed by atoms with van der Waals surface area (Å²) in [5.41, 5.74) is 0.447. The molecule has 25 heavy (non-hydrogen) atoms. The number of rotatable bonds is 5. The minimum Gasteiger partial charge on any atom is -0.406 e. The van der Waals surface area contributed by atoms with E-state index in [4.69, 9.17) is 11.6 Å². The maximum absolute atomic E-state index is 12.1. The zero-order valence-electron chi connectivity index (χ0n) is 12.5. The highest BCUT2D eigenvalue weighted by Crippen LogP contribution is 2.26. The second kappa shape index (κ2) is 6.97. The van der Waals surface area contributed by atoms with Gasteiger partial charge in [0.2, 0.25) is 5.91 Å². The lowest BCUT2D eigenvalue weighted by molar-refractivity contribution is -0.389. The van der Waals surface area contributed by atoms with Crippen LogP contribution < -0.4 is 10.1 Å². The van der Waals surface area contributed by atoms with Gasteiger partial charge in [-0.25, -0.2) is 0 Å². The van der Waals surface area contributed by atoms with Gasteiger partial charge < -0.3 is 20.2 Å². The van der Waals surface area contributed by atoms with E-state index in [0.29, 0.717) is 0 Å². The molecule has 0 aliphatic rings. The summed E-state index contributed by atoms with van der Waals surface area (Å²) in [4.78, 5) is 21.9. The first-order valence-electron chi connectivity index (χ1n) is 6.60. The van der Waals surface area contributed by atoms with Gasteiger partial charge in [-0.1, -0.05) is 11.6 Å². The summed E-state index contributed by atoms with van der Waals surface area (Å²) >= 11 is 5.76. The number of anilines is 1. The van der Waals surface area contributed by atoms with E-state index in [1.54, 1.807) is 0 Å². The average Bonchev–Trinajstić information content (AvgIpc) is 2.76. The summed E-state index contributed by atoms with van der Waals surface area (Å²) in [5, 5.41) is 16.6. The van der Waals surface area contributed by atoms with Gasteiger partial charge in [-0.3, -0.25) is 4.79 Å². The maximum Gasteiger partial charge on any atom is 0.573 e. The van der Waals surface area contributed by atoms with Crippen LogP contribution in [0, 0.1) is 17.0 Å². The molecule has 1 aromatic heterocycles. The Morgan fingerprint density at radius 3 is 2.48 bits per heavy atom. The molecule has 8 nitrogen and oxygen atoms in total. The van der Waals surface area contributed by atoms with Crippen LogP contribution in [0.1, 0.15) is 5.69 Å². The van der Waals surface area contributed by atoms with Crippen LogP contribution in [0.4, 0.5) is 24.7 Å². The van der Waals surface area contributed by atoms with Crippen LogP contribution in [0.15, 0.2) is 24.3 Å². The van der Waals surface area contributed by atoms with Gasteiger partial charge in [0, 0.05) is 5.69 Å². The lowest BCUT2D eigenvalue weighted by atomic mass is 10.3. The third kappa shape index (κ3) is 4.83. The van der Waals surface area contributed by atoms with E-state index in [1.165, 1.54) is 19.1 Å². The number of hydrogen-bond donors (Lipinski definition) is 1. The van der Waals surface area contributed by atoms with Crippen LogP contribution in [0.3, 0.4) is 0 Å². The summed E-state index contributed by atoms with van der Waals surface area (Å²) in [6, 6.07) is 4.49. The highest BCUT2D eigenvalue weighted by atomic mass is 35.5. The van der Waals surface area contributed by atoms with Crippen LogP contribution in [-0.4, -0.2) is 27.0 Å². The van der Waals surface area contributed by atoms with E-state index in [1.807, 2.05) is 0 Å². The molecule has 0 saturated heterocycles. The molecule has 0 bridgehead atoms. The Bertz CT molecular complexity index is 805. The predicted molar refractivity (Wildman–Crippen MR) is 80.4 cm³/mol. The number of nitrogens with one attached hydrogen (secondary N) is 1. The van der Waals surface area contributed by atoms with Crippen LogP contribution in [0.5, 0.6) is 5.75 Å². The van der Waals surface area contributed by atoms with Crippen molar-refractivity contribution in [2.24, 2.45) is 0 Å². The Morgan fingerprint density at radius 1 is 1.40 bits per heavy atom. The minimum absolute atomic E-state index is 0.175. The van der Waals surface area contributed by atoms with E-state index < -0.39 is 28.8 Å². The molecule has 0 fully saturated rings. The van der Waals surface area contributed by atoms with Crippen LogP contribution in [0.25, 0.3) is 0 Å². The quantitative estimate of drug-likeness (QED) is 0.635. The standard InChI is InChI=1S/C13H10ClF3N4O4/c1-7-11(14)12(21(23)24)19-20(7)6-10(22)18-8-2-4-9(5-3-8)25-13(15,16)17/h2-5H,6H2,1H3,(H,18,22). The Kier molecular flexibility index (Phi) is 5.16. The molecular formula is C13H10ClF3N4O4. The molecule has 0 aliphatic heterocycles. The van der Waals surface area contributed by atoms with Crippen molar-refractivity contribution in [1.82, 2.24) is 9.78 Å². The van der Waals surface area contributed by atoms with Crippen LogP contribution in [-0.2, 0) is 11.3 Å². The molecule has 0 atom stereocenters. The number of carbonyl (C=O) groups excluding carboxylic acids is 1. The second-order valence-corrected chi connectivity index (χ2v) is 5.14. The van der Waals surface area contributed by atoms with Crippen LogP contribution >= 0.6 is 11.6 Å². The number of aromatic nitrogens is 2. The number of ether oxygens (including phenoxy) is 1. The fourth-order valence-electron chi connectivity index (χ4n) is 1.86. The van der Waals surface area contributed by atoms with Crippen molar-refractivity contribution in [3.8, 4) is 5.75 Å². The van der Waals surface area contributed by atoms with Crippen molar-refractivity contribution in [3.05, 3.63) is 45.1 Å². The molecule has 2 rings (SSSR count). The molecule has 0 saturated carbocycles. The normalized spacial score (nSPS) is 11.2. The topological polar surface area (TPSA) is 99.3 Å². The van der Waals surface area contributed by atoms with E-state index in [0.717, 1.165) is 16.8 Å². The van der Waals surface area contributed by atoms with Gasteiger partial charge in [0.1, 0.15) is 12.3 Å². The molecule has 0 radical (unpaired) electrons. The third-order valence-electron chi connectivity index (χ3n) is 2.95. The zero-order valence-corrected chi connectivity index (χ0v) is 13.3. The summed E-state index contributed by atoms with van der Waals surface area (Å²) in [6.07, 6.45) is -4.81. The van der Waals surface area contributed by atoms with Crippen molar-refractivity contribution in [1.29, 1.82) is 0 Å². The van der Waals surface area contributed by atoms with Crippen molar-refractivity contribution in [2.75, 3.05) is 5.32 Å². The van der Waals surface area contributed by atoms with E-state index in [9.17, 15) is 28.1 Å². The summed E-state index contributed by atoms with van der Waals surface area (Å²) < 4.78 is 40.9. The molecule has 2 aromatic rings. The fraction of sp³-hybridized carbons (Fsp3) is 0.231. The Hall–Kier alpha value is -2.82. The first-order chi connectivity index (χ1) is 11.6. The third-order valence-corrected chi connectivity index (χ3v) is 3.40. The molecule has 1 N–H and O–H groups in total. The first-order valence-corrected chi connectivity index (χ1v) is 6.97. The predicted octanol–water partition coefficient (Wildman–Crippen LogP) is 3.29. The number of carbonyl (C=O) groups is 1. The molecule has 1 heterocycles. The zero-order chi connectivity index (χ0) is 18.8. The van der Waals surface area contributed by atoms with E-state index in [-0.39, 0.29) is 22.9 Å². The maximum atomic E-state index is 12.1. The van der Waals surface area contributed by atoms with Gasteiger partial charge in [-0.05, 0) is 36.1 Å². The minimum atomic E-state index is -4.81. The van der Waals surface area contributed by atoms with Gasteiger partial charge in [-0.15, -0.1) is 13.2 Å². The van der Waals surface area contributed by atoms with Crippen molar-refractivity contribution >= 4 is 29.0 Å². The average molecular weight is 379 g/mol. The number of nitrogens with zero attached hydrogens (tertiary/aromatic N) is 3. The summed E-state index contributed by atoms with van der Waals surface area (Å²) in [6.45, 7) is 1.10. The highest BCUT2D eigenvalue weighted by molar-refractivity contribution is 6.33. The van der Waals surface area contributed by atoms with E-state index in [2.05, 4.69) is 15.2 Å². The van der Waals surface area contributed by atoms with Gasteiger partial charge >= 0.3 is 12.2 Å². The smallest absolute Gasteiger partial charge is 0.406 e. The molecule has 12 heteroatoms. The number of benzene rings is 1. The van der Waals surface area contributed by atoms with Crippen molar-refractivity contribution < 1.29 is 27.6 Å². The highest BCUT2D eigenvalue weighted by Gasteiger charge is 2.31. The number of nitro groups is 1. The van der Waals surface area contributed by atoms with Gasteiger partial charge in [-0.2, -0.15) is 4.68 Å². The first kappa shape index (κ1) is 18.5. The molecule has 1 aromatic carbocycles. The Labute approximate surface area is 143 Å². The number of amides is 1. The lowest BCUT2D eigenvalue weighted by Crippen LogP contribution is -2.20. The largest absolute Gasteiger partial charge is 0.573 e. The number of alkyl halides is 3. The van der Waals surface area contributed by atoms with Gasteiger partial charge in [0.25, 0.3) is 0 Å². The molecule has 1 amide bonds. The molecule has 0 aliphatic carbocycles. The van der Waals surface area contributed by atoms with Crippen LogP contribution in [0.2, 0.25) is 5.02 Å². The Balaban J connectivity index is 2.03. The van der Waals surface area contributed by atoms with Gasteiger partial charge in [0.05, 0.1) is 10.8 Å². The molecule has 0 spiro atoms. The second-order valence-electron chi connectivity index (χ2n) is 4.76.